The number of aromatic amines is 1. The molecule has 3 aromatic rings. The molecule has 1 fully saturated rings. The predicted octanol–water partition coefficient (Wildman–Crippen LogP) is 2.46. The van der Waals surface area contributed by atoms with Gasteiger partial charge < -0.3 is 14.5 Å². The fraction of sp³-hybridized carbons (Fsp3) is 0.235. The van der Waals surface area contributed by atoms with E-state index in [0.717, 1.165) is 0 Å². The fourth-order valence-corrected chi connectivity index (χ4v) is 4.28. The maximum Gasteiger partial charge on any atom is 0.270 e. The van der Waals surface area contributed by atoms with Crippen molar-refractivity contribution >= 4 is 44.6 Å². The second kappa shape index (κ2) is 5.16. The van der Waals surface area contributed by atoms with E-state index in [1.165, 1.54) is 12.1 Å². The van der Waals surface area contributed by atoms with Crippen LogP contribution in [0.2, 0.25) is 0 Å². The number of anilines is 1. The number of imidazole rings is 1. The number of fused-ring (bicyclic) bond motifs is 3. The van der Waals surface area contributed by atoms with Crippen molar-refractivity contribution in [1.29, 1.82) is 0 Å². The first-order valence-electron chi connectivity index (χ1n) is 8.06. The van der Waals surface area contributed by atoms with E-state index < -0.39 is 11.4 Å². The number of hydrogen-bond acceptors (Lipinski definition) is 3. The van der Waals surface area contributed by atoms with E-state index in [9.17, 15) is 14.0 Å². The number of H-pyrrole nitrogens is 1. The third kappa shape index (κ3) is 2.13. The van der Waals surface area contributed by atoms with Gasteiger partial charge in [-0.2, -0.15) is 0 Å². The Balaban J connectivity index is 1.43. The summed E-state index contributed by atoms with van der Waals surface area (Å²) in [6, 6.07) is 4.63. The van der Waals surface area contributed by atoms with Crippen molar-refractivity contribution in [3.63, 3.8) is 0 Å². The lowest BCUT2D eigenvalue weighted by molar-refractivity contribution is -0.121. The average molecular weight is 418 g/mol. The summed E-state index contributed by atoms with van der Waals surface area (Å²) in [7, 11) is 0. The third-order valence-electron chi connectivity index (χ3n) is 5.03. The van der Waals surface area contributed by atoms with Crippen molar-refractivity contribution in [3.05, 3.63) is 46.6 Å². The molecule has 0 bridgehead atoms. The highest BCUT2D eigenvalue weighted by Crippen LogP contribution is 2.38. The number of benzene rings is 1. The van der Waals surface area contributed by atoms with Crippen LogP contribution in [0, 0.1) is 5.82 Å². The van der Waals surface area contributed by atoms with Crippen molar-refractivity contribution < 1.29 is 14.0 Å². The van der Waals surface area contributed by atoms with Crippen molar-refractivity contribution in [3.8, 4) is 0 Å². The minimum atomic E-state index is -0.454. The first-order valence-corrected chi connectivity index (χ1v) is 8.85. The van der Waals surface area contributed by atoms with Gasteiger partial charge in [-0.3, -0.25) is 14.9 Å². The molecule has 0 aliphatic carbocycles. The number of hydrogen-bond donors (Lipinski definition) is 2. The van der Waals surface area contributed by atoms with Crippen LogP contribution in [-0.4, -0.2) is 44.3 Å². The molecule has 2 aromatic heterocycles. The van der Waals surface area contributed by atoms with Gasteiger partial charge in [0.1, 0.15) is 11.5 Å². The van der Waals surface area contributed by atoms with Gasteiger partial charge in [0, 0.05) is 35.3 Å². The van der Waals surface area contributed by atoms with Gasteiger partial charge in [-0.15, -0.1) is 0 Å². The number of likely N-dealkylation sites (tertiary alicyclic amines) is 1. The van der Waals surface area contributed by atoms with Crippen LogP contribution in [0.25, 0.3) is 10.9 Å². The van der Waals surface area contributed by atoms with Crippen LogP contribution in [0.5, 0.6) is 0 Å². The first kappa shape index (κ1) is 15.6. The van der Waals surface area contributed by atoms with Crippen LogP contribution >= 0.6 is 15.9 Å². The second-order valence-corrected chi connectivity index (χ2v) is 7.68. The van der Waals surface area contributed by atoms with Gasteiger partial charge >= 0.3 is 0 Å². The molecule has 26 heavy (non-hydrogen) atoms. The Morgan fingerprint density at radius 1 is 1.31 bits per heavy atom. The number of amides is 2. The lowest BCUT2D eigenvalue weighted by atomic mass is 9.84. The monoisotopic (exact) mass is 417 g/mol. The molecule has 0 unspecified atom stereocenters. The zero-order valence-corrected chi connectivity index (χ0v) is 15.0. The summed E-state index contributed by atoms with van der Waals surface area (Å²) in [5.74, 6) is -0.203. The Morgan fingerprint density at radius 3 is 2.92 bits per heavy atom. The molecule has 0 radical (unpaired) electrons. The molecule has 132 valence electrons. The SMILES string of the molecule is O=C1CC2(CN(C(=O)c3cc4c(F)cc(Br)cc4[nH]3)C2)n2ccnc2N1. The number of nitrogens with zero attached hydrogens (tertiary/aromatic N) is 3. The molecule has 4 heterocycles. The molecule has 2 N–H and O–H groups in total. The summed E-state index contributed by atoms with van der Waals surface area (Å²) in [6.07, 6.45) is 3.74. The van der Waals surface area contributed by atoms with Crippen LogP contribution in [0.3, 0.4) is 0 Å². The van der Waals surface area contributed by atoms with Crippen molar-refractivity contribution in [2.45, 2.75) is 12.0 Å². The Labute approximate surface area is 155 Å². The molecular formula is C17H13BrFN5O2. The maximum absolute atomic E-state index is 14.0. The highest BCUT2D eigenvalue weighted by molar-refractivity contribution is 9.10. The normalized spacial score (nSPS) is 17.9. The molecular weight excluding hydrogens is 405 g/mol. The highest BCUT2D eigenvalue weighted by atomic mass is 79.9. The molecule has 1 spiro atoms. The largest absolute Gasteiger partial charge is 0.350 e. The van der Waals surface area contributed by atoms with E-state index in [4.69, 9.17) is 0 Å². The zero-order valence-electron chi connectivity index (χ0n) is 13.4. The fourth-order valence-electron chi connectivity index (χ4n) is 3.85. The van der Waals surface area contributed by atoms with Crippen LogP contribution in [-0.2, 0) is 10.3 Å². The molecule has 0 saturated carbocycles. The quantitative estimate of drug-likeness (QED) is 0.637. The number of halogens is 2. The summed E-state index contributed by atoms with van der Waals surface area (Å²) in [6.45, 7) is 0.814. The van der Waals surface area contributed by atoms with Crippen LogP contribution in [0.1, 0.15) is 16.9 Å². The van der Waals surface area contributed by atoms with Crippen LogP contribution in [0.4, 0.5) is 10.3 Å². The van der Waals surface area contributed by atoms with E-state index in [1.54, 1.807) is 17.2 Å². The minimum absolute atomic E-state index is 0.103. The summed E-state index contributed by atoms with van der Waals surface area (Å²) in [5, 5.41) is 3.10. The molecule has 1 saturated heterocycles. The highest BCUT2D eigenvalue weighted by Gasteiger charge is 2.51. The van der Waals surface area contributed by atoms with Gasteiger partial charge in [0.05, 0.1) is 17.5 Å². The minimum Gasteiger partial charge on any atom is -0.350 e. The second-order valence-electron chi connectivity index (χ2n) is 6.76. The molecule has 2 aliphatic rings. The van der Waals surface area contributed by atoms with Crippen molar-refractivity contribution in [1.82, 2.24) is 19.4 Å². The van der Waals surface area contributed by atoms with Gasteiger partial charge in [0.2, 0.25) is 11.9 Å². The number of aromatic nitrogens is 3. The van der Waals surface area contributed by atoms with Gasteiger partial charge in [-0.25, -0.2) is 9.37 Å². The topological polar surface area (TPSA) is 83.0 Å². The predicted molar refractivity (Wildman–Crippen MR) is 95.3 cm³/mol. The summed E-state index contributed by atoms with van der Waals surface area (Å²) in [5.41, 5.74) is 0.437. The third-order valence-corrected chi connectivity index (χ3v) is 5.49. The number of rotatable bonds is 1. The molecule has 1 aromatic carbocycles. The van der Waals surface area contributed by atoms with Crippen LogP contribution < -0.4 is 5.32 Å². The summed E-state index contributed by atoms with van der Waals surface area (Å²) >= 11 is 3.25. The first-order chi connectivity index (χ1) is 12.4. The molecule has 9 heteroatoms. The van der Waals surface area contributed by atoms with E-state index in [2.05, 4.69) is 31.2 Å². The van der Waals surface area contributed by atoms with Crippen molar-refractivity contribution in [2.24, 2.45) is 0 Å². The van der Waals surface area contributed by atoms with Crippen LogP contribution in [0.15, 0.2) is 35.1 Å². The molecule has 0 atom stereocenters. The van der Waals surface area contributed by atoms with Gasteiger partial charge in [-0.05, 0) is 18.2 Å². The lowest BCUT2D eigenvalue weighted by Crippen LogP contribution is -2.66. The maximum atomic E-state index is 14.0. The molecule has 2 aliphatic heterocycles. The van der Waals surface area contributed by atoms with Gasteiger partial charge in [0.15, 0.2) is 0 Å². The lowest BCUT2D eigenvalue weighted by Gasteiger charge is -2.52. The Kier molecular flexibility index (Phi) is 3.09. The Hall–Kier alpha value is -2.68. The van der Waals surface area contributed by atoms with E-state index >= 15 is 0 Å². The average Bonchev–Trinajstić information content (AvgIpc) is 3.17. The van der Waals surface area contributed by atoms with E-state index in [-0.39, 0.29) is 11.8 Å². The molecule has 7 nitrogen and oxygen atoms in total. The number of carbonyl (C=O) groups excluding carboxylic acids is 2. The number of carbonyl (C=O) groups is 2. The van der Waals surface area contributed by atoms with E-state index in [1.807, 2.05) is 10.8 Å². The summed E-state index contributed by atoms with van der Waals surface area (Å²) < 4.78 is 16.6. The Morgan fingerprint density at radius 2 is 2.12 bits per heavy atom. The van der Waals surface area contributed by atoms with E-state index in [0.29, 0.717) is 46.5 Å². The summed E-state index contributed by atoms with van der Waals surface area (Å²) in [4.78, 5) is 33.5. The molecule has 2 amide bonds. The zero-order chi connectivity index (χ0) is 18.1. The van der Waals surface area contributed by atoms with Gasteiger partial charge in [0.25, 0.3) is 5.91 Å². The van der Waals surface area contributed by atoms with Crippen molar-refractivity contribution in [2.75, 3.05) is 18.4 Å². The Bertz CT molecular complexity index is 1080. The molecule has 5 rings (SSSR count). The standard InChI is InChI=1S/C17H13BrFN5O2/c18-9-3-11(19)10-5-13(21-12(10)4-9)15(26)23-7-17(8-23)6-14(25)22-16-20-1-2-24(16)17/h1-5,21H,6-8H2,(H,20,22,25). The number of nitrogens with one attached hydrogen (secondary N) is 2. The smallest absolute Gasteiger partial charge is 0.270 e. The van der Waals surface area contributed by atoms with Gasteiger partial charge in [-0.1, -0.05) is 15.9 Å².